The molecule has 24 heavy (non-hydrogen) atoms. The van der Waals surface area contributed by atoms with Crippen LogP contribution in [-0.2, 0) is 4.74 Å². The molecule has 4 heteroatoms. The van der Waals surface area contributed by atoms with Crippen LogP contribution in [0.3, 0.4) is 0 Å². The first-order chi connectivity index (χ1) is 11.4. The van der Waals surface area contributed by atoms with Gasteiger partial charge in [-0.25, -0.2) is 4.79 Å². The molecule has 0 aromatic rings. The molecular weight excluding hydrogens is 300 g/mol. The van der Waals surface area contributed by atoms with Crippen LogP contribution >= 0.6 is 0 Å². The molecular formula is C20H38N2O2. The monoisotopic (exact) mass is 338 g/mol. The van der Waals surface area contributed by atoms with Crippen LogP contribution in [0.2, 0.25) is 0 Å². The summed E-state index contributed by atoms with van der Waals surface area (Å²) in [6, 6.07) is 0.422. The lowest BCUT2D eigenvalue weighted by Crippen LogP contribution is -2.45. The van der Waals surface area contributed by atoms with Gasteiger partial charge in [-0.3, -0.25) is 0 Å². The molecule has 140 valence electrons. The van der Waals surface area contributed by atoms with Crippen LogP contribution in [0.25, 0.3) is 0 Å². The number of rotatable bonds is 3. The van der Waals surface area contributed by atoms with Crippen LogP contribution in [0.5, 0.6) is 0 Å². The van der Waals surface area contributed by atoms with Gasteiger partial charge in [0.05, 0.1) is 0 Å². The molecule has 4 nitrogen and oxygen atoms in total. The first-order valence-electron chi connectivity index (χ1n) is 10.2. The molecule has 2 fully saturated rings. The molecule has 1 amide bonds. The molecule has 1 aliphatic heterocycles. The van der Waals surface area contributed by atoms with Gasteiger partial charge in [0.25, 0.3) is 0 Å². The third kappa shape index (κ3) is 7.42. The summed E-state index contributed by atoms with van der Waals surface area (Å²) in [7, 11) is 0. The number of nitrogens with one attached hydrogen (secondary N) is 1. The van der Waals surface area contributed by atoms with Crippen LogP contribution in [-0.4, -0.2) is 42.3 Å². The summed E-state index contributed by atoms with van der Waals surface area (Å²) in [5, 5.41) is 3.78. The summed E-state index contributed by atoms with van der Waals surface area (Å²) in [6.45, 7) is 8.55. The Morgan fingerprint density at radius 3 is 2.29 bits per heavy atom. The van der Waals surface area contributed by atoms with Crippen molar-refractivity contribution < 1.29 is 9.53 Å². The fraction of sp³-hybridized carbons (Fsp3) is 0.950. The van der Waals surface area contributed by atoms with E-state index < -0.39 is 5.60 Å². The zero-order valence-corrected chi connectivity index (χ0v) is 16.1. The summed E-state index contributed by atoms with van der Waals surface area (Å²) in [5.41, 5.74) is -0.412. The molecule has 1 heterocycles. The van der Waals surface area contributed by atoms with E-state index in [0.717, 1.165) is 32.0 Å². The van der Waals surface area contributed by atoms with Gasteiger partial charge < -0.3 is 15.0 Å². The minimum atomic E-state index is -0.412. The molecule has 0 bridgehead atoms. The molecule has 1 saturated carbocycles. The molecule has 1 aliphatic carbocycles. The van der Waals surface area contributed by atoms with Gasteiger partial charge in [-0.05, 0) is 58.9 Å². The Labute approximate surface area is 148 Å². The summed E-state index contributed by atoms with van der Waals surface area (Å²) in [4.78, 5) is 14.3. The van der Waals surface area contributed by atoms with E-state index in [-0.39, 0.29) is 6.09 Å². The Morgan fingerprint density at radius 2 is 1.62 bits per heavy atom. The van der Waals surface area contributed by atoms with Crippen LogP contribution in [0.4, 0.5) is 4.79 Å². The van der Waals surface area contributed by atoms with Gasteiger partial charge in [-0.15, -0.1) is 0 Å². The smallest absolute Gasteiger partial charge is 0.410 e. The van der Waals surface area contributed by atoms with Crippen molar-refractivity contribution in [2.45, 2.75) is 96.6 Å². The highest BCUT2D eigenvalue weighted by atomic mass is 16.6. The van der Waals surface area contributed by atoms with E-state index in [1.807, 2.05) is 25.7 Å². The molecule has 2 aliphatic rings. The Balaban J connectivity index is 1.79. The minimum Gasteiger partial charge on any atom is -0.444 e. The molecule has 1 saturated heterocycles. The minimum absolute atomic E-state index is 0.151. The first-order valence-corrected chi connectivity index (χ1v) is 10.2. The lowest BCUT2D eigenvalue weighted by molar-refractivity contribution is 0.0243. The number of amides is 1. The summed E-state index contributed by atoms with van der Waals surface area (Å²) >= 11 is 0. The lowest BCUT2D eigenvalue weighted by Gasteiger charge is -2.29. The van der Waals surface area contributed by atoms with Gasteiger partial charge in [-0.2, -0.15) is 0 Å². The highest BCUT2D eigenvalue weighted by molar-refractivity contribution is 5.68. The first kappa shape index (κ1) is 19.6. The Morgan fingerprint density at radius 1 is 1.00 bits per heavy atom. The van der Waals surface area contributed by atoms with Crippen molar-refractivity contribution in [1.82, 2.24) is 10.2 Å². The van der Waals surface area contributed by atoms with Crippen molar-refractivity contribution in [1.29, 1.82) is 0 Å². The van der Waals surface area contributed by atoms with Crippen LogP contribution < -0.4 is 5.32 Å². The fourth-order valence-electron chi connectivity index (χ4n) is 3.88. The average Bonchev–Trinajstić information content (AvgIpc) is 2.70. The molecule has 2 rings (SSSR count). The van der Waals surface area contributed by atoms with E-state index in [9.17, 15) is 4.79 Å². The predicted molar refractivity (Wildman–Crippen MR) is 99.3 cm³/mol. The standard InChI is InChI=1S/C20H38N2O2/c1-20(2,3)24-19(23)22-14-10-9-13-18(16-22)21-15-17-11-7-5-4-6-8-12-17/h17-18,21H,4-16H2,1-3H3. The van der Waals surface area contributed by atoms with Gasteiger partial charge in [0.15, 0.2) is 0 Å². The molecule has 1 N–H and O–H groups in total. The summed E-state index contributed by atoms with van der Waals surface area (Å²) in [6.07, 6.45) is 13.1. The zero-order chi connectivity index (χ0) is 17.4. The quantitative estimate of drug-likeness (QED) is 0.809. The molecule has 1 unspecified atom stereocenters. The molecule has 0 aromatic carbocycles. The highest BCUT2D eigenvalue weighted by Gasteiger charge is 2.26. The summed E-state index contributed by atoms with van der Waals surface area (Å²) < 4.78 is 5.57. The highest BCUT2D eigenvalue weighted by Crippen LogP contribution is 2.22. The largest absolute Gasteiger partial charge is 0.444 e. The SMILES string of the molecule is CC(C)(C)OC(=O)N1CCCCC(NCC2CCCCCCC2)C1. The average molecular weight is 339 g/mol. The third-order valence-corrected chi connectivity index (χ3v) is 5.24. The Bertz CT molecular complexity index is 370. The number of hydrogen-bond donors (Lipinski definition) is 1. The van der Waals surface area contributed by atoms with Crippen molar-refractivity contribution in [3.8, 4) is 0 Å². The number of carbonyl (C=O) groups is 1. The van der Waals surface area contributed by atoms with E-state index in [1.54, 1.807) is 0 Å². The van der Waals surface area contributed by atoms with Gasteiger partial charge in [0.1, 0.15) is 5.60 Å². The number of ether oxygens (including phenoxy) is 1. The maximum atomic E-state index is 12.4. The van der Waals surface area contributed by atoms with Crippen molar-refractivity contribution in [2.24, 2.45) is 5.92 Å². The van der Waals surface area contributed by atoms with Crippen molar-refractivity contribution >= 4 is 6.09 Å². The normalized spacial score (nSPS) is 24.8. The van der Waals surface area contributed by atoms with Crippen molar-refractivity contribution in [2.75, 3.05) is 19.6 Å². The number of nitrogens with zero attached hydrogens (tertiary/aromatic N) is 1. The van der Waals surface area contributed by atoms with E-state index in [1.165, 1.54) is 57.8 Å². The molecule has 0 aromatic heterocycles. The maximum absolute atomic E-state index is 12.4. The van der Waals surface area contributed by atoms with E-state index >= 15 is 0 Å². The molecule has 1 atom stereocenters. The van der Waals surface area contributed by atoms with Crippen LogP contribution in [0.1, 0.15) is 85.0 Å². The molecule has 0 spiro atoms. The number of carbonyl (C=O) groups excluding carboxylic acids is 1. The topological polar surface area (TPSA) is 41.6 Å². The zero-order valence-electron chi connectivity index (χ0n) is 16.1. The number of hydrogen-bond acceptors (Lipinski definition) is 3. The fourth-order valence-corrected chi connectivity index (χ4v) is 3.88. The predicted octanol–water partition coefficient (Wildman–Crippen LogP) is 4.73. The summed E-state index contributed by atoms with van der Waals surface area (Å²) in [5.74, 6) is 0.823. The second-order valence-electron chi connectivity index (χ2n) is 8.74. The Hall–Kier alpha value is -0.770. The van der Waals surface area contributed by atoms with Gasteiger partial charge in [-0.1, -0.05) is 38.5 Å². The van der Waals surface area contributed by atoms with Crippen LogP contribution in [0, 0.1) is 5.92 Å². The third-order valence-electron chi connectivity index (χ3n) is 5.24. The van der Waals surface area contributed by atoms with E-state index in [2.05, 4.69) is 5.32 Å². The maximum Gasteiger partial charge on any atom is 0.410 e. The molecule has 0 radical (unpaired) electrons. The van der Waals surface area contributed by atoms with Crippen molar-refractivity contribution in [3.05, 3.63) is 0 Å². The second kappa shape index (κ2) is 9.65. The van der Waals surface area contributed by atoms with Gasteiger partial charge in [0, 0.05) is 19.1 Å². The van der Waals surface area contributed by atoms with E-state index in [0.29, 0.717) is 6.04 Å². The van der Waals surface area contributed by atoms with E-state index in [4.69, 9.17) is 4.74 Å². The van der Waals surface area contributed by atoms with Gasteiger partial charge >= 0.3 is 6.09 Å². The van der Waals surface area contributed by atoms with Crippen LogP contribution in [0.15, 0.2) is 0 Å². The van der Waals surface area contributed by atoms with Crippen molar-refractivity contribution in [3.63, 3.8) is 0 Å². The number of likely N-dealkylation sites (tertiary alicyclic amines) is 1. The van der Waals surface area contributed by atoms with Gasteiger partial charge in [0.2, 0.25) is 0 Å². The second-order valence-corrected chi connectivity index (χ2v) is 8.74. The lowest BCUT2D eigenvalue weighted by atomic mass is 9.91. The Kier molecular flexibility index (Phi) is 7.86.